The van der Waals surface area contributed by atoms with Crippen molar-refractivity contribution in [1.29, 1.82) is 0 Å². The van der Waals surface area contributed by atoms with Crippen LogP contribution in [0.1, 0.15) is 38.7 Å². The van der Waals surface area contributed by atoms with E-state index in [0.717, 1.165) is 23.1 Å². The van der Waals surface area contributed by atoms with Crippen LogP contribution < -0.4 is 15.4 Å². The van der Waals surface area contributed by atoms with Crippen LogP contribution in [0.2, 0.25) is 0 Å². The molecule has 2 aromatic heterocycles. The number of benzene rings is 2. The van der Waals surface area contributed by atoms with E-state index in [1.54, 1.807) is 31.4 Å². The molecule has 2 aromatic carbocycles. The second-order valence-corrected chi connectivity index (χ2v) is 8.56. The van der Waals surface area contributed by atoms with Gasteiger partial charge in [0.15, 0.2) is 5.69 Å². The van der Waals surface area contributed by atoms with Crippen molar-refractivity contribution >= 4 is 22.7 Å². The number of hydrogen-bond acceptors (Lipinski definition) is 5. The van der Waals surface area contributed by atoms with Gasteiger partial charge in [-0.2, -0.15) is 5.10 Å². The van der Waals surface area contributed by atoms with Crippen LogP contribution in [0.5, 0.6) is 5.88 Å². The Morgan fingerprint density at radius 3 is 2.77 bits per heavy atom. The van der Waals surface area contributed by atoms with E-state index in [2.05, 4.69) is 25.8 Å². The van der Waals surface area contributed by atoms with Gasteiger partial charge in [0.05, 0.1) is 12.6 Å². The molecular weight excluding hydrogens is 449 g/mol. The minimum Gasteiger partial charge on any atom is -0.480 e. The van der Waals surface area contributed by atoms with E-state index in [9.17, 15) is 14.0 Å². The third-order valence-electron chi connectivity index (χ3n) is 6.35. The minimum absolute atomic E-state index is 0.230. The largest absolute Gasteiger partial charge is 0.480 e. The molecule has 1 aliphatic rings. The highest BCUT2D eigenvalue weighted by Gasteiger charge is 2.38. The summed E-state index contributed by atoms with van der Waals surface area (Å²) in [4.78, 5) is 29.3. The number of fused-ring (bicyclic) bond motifs is 1. The van der Waals surface area contributed by atoms with Crippen molar-refractivity contribution in [2.24, 2.45) is 5.92 Å². The van der Waals surface area contributed by atoms with Crippen LogP contribution in [0.15, 0.2) is 54.7 Å². The van der Waals surface area contributed by atoms with E-state index in [0.29, 0.717) is 28.7 Å². The summed E-state index contributed by atoms with van der Waals surface area (Å²) < 4.78 is 18.8. The molecule has 178 valence electrons. The van der Waals surface area contributed by atoms with Gasteiger partial charge in [0.2, 0.25) is 5.88 Å². The topological polar surface area (TPSA) is 109 Å². The maximum absolute atomic E-state index is 13.5. The van der Waals surface area contributed by atoms with Crippen LogP contribution in [0.3, 0.4) is 0 Å². The Morgan fingerprint density at radius 1 is 1.14 bits per heavy atom. The first-order valence-electron chi connectivity index (χ1n) is 11.3. The second-order valence-electron chi connectivity index (χ2n) is 8.56. The Morgan fingerprint density at radius 2 is 2.00 bits per heavy atom. The van der Waals surface area contributed by atoms with Gasteiger partial charge in [0, 0.05) is 30.7 Å². The Balaban J connectivity index is 1.33. The first kappa shape index (κ1) is 22.5. The molecular formula is C26H24FN5O3. The SMILES string of the molecule is CNC(=O)c1n[nH]c2cc(-c3cnc(OC)c(C(=O)NCC4CC4c4cccc(F)c4)c3)ccc12. The van der Waals surface area contributed by atoms with Crippen LogP contribution in [0, 0.1) is 11.7 Å². The molecule has 2 atom stereocenters. The quantitative estimate of drug-likeness (QED) is 0.380. The maximum Gasteiger partial charge on any atom is 0.272 e. The van der Waals surface area contributed by atoms with Crippen LogP contribution in [0.4, 0.5) is 4.39 Å². The first-order chi connectivity index (χ1) is 17.0. The van der Waals surface area contributed by atoms with Gasteiger partial charge in [-0.3, -0.25) is 14.7 Å². The number of carbonyl (C=O) groups excluding carboxylic acids is 2. The smallest absolute Gasteiger partial charge is 0.272 e. The molecule has 1 fully saturated rings. The molecule has 2 amide bonds. The normalized spacial score (nSPS) is 16.7. The van der Waals surface area contributed by atoms with E-state index in [-0.39, 0.29) is 35.3 Å². The summed E-state index contributed by atoms with van der Waals surface area (Å²) in [5, 5.41) is 13.2. The molecule has 9 heteroatoms. The number of nitrogens with zero attached hydrogens (tertiary/aromatic N) is 2. The molecule has 4 aromatic rings. The van der Waals surface area contributed by atoms with Gasteiger partial charge < -0.3 is 15.4 Å². The number of amides is 2. The molecule has 2 heterocycles. The van der Waals surface area contributed by atoms with Crippen LogP contribution >= 0.6 is 0 Å². The summed E-state index contributed by atoms with van der Waals surface area (Å²) in [7, 11) is 3.02. The number of aromatic nitrogens is 3. The van der Waals surface area contributed by atoms with E-state index >= 15 is 0 Å². The minimum atomic E-state index is -0.286. The third kappa shape index (κ3) is 4.44. The Labute approximate surface area is 200 Å². The van der Waals surface area contributed by atoms with E-state index in [1.165, 1.54) is 13.2 Å². The van der Waals surface area contributed by atoms with Crippen molar-refractivity contribution in [3.63, 3.8) is 0 Å². The summed E-state index contributed by atoms with van der Waals surface area (Å²) in [5.41, 5.74) is 3.82. The van der Waals surface area contributed by atoms with Crippen LogP contribution in [-0.4, -0.2) is 47.7 Å². The fourth-order valence-corrected chi connectivity index (χ4v) is 4.36. The molecule has 0 spiro atoms. The third-order valence-corrected chi connectivity index (χ3v) is 6.35. The van der Waals surface area contributed by atoms with Crippen molar-refractivity contribution in [2.45, 2.75) is 12.3 Å². The standard InChI is InChI=1S/C26H24FN5O3/c1-28-25(34)23-19-7-6-14(11-22(19)31-32-23)16-9-21(26(35-2)30-12-16)24(33)29-13-17-10-20(17)15-4-3-5-18(27)8-15/h3-9,11-12,17,20H,10,13H2,1-2H3,(H,28,34)(H,29,33)(H,31,32). The van der Waals surface area contributed by atoms with Crippen LogP contribution in [0.25, 0.3) is 22.0 Å². The predicted molar refractivity (Wildman–Crippen MR) is 129 cm³/mol. The number of rotatable bonds is 7. The molecule has 8 nitrogen and oxygen atoms in total. The molecule has 0 radical (unpaired) electrons. The molecule has 5 rings (SSSR count). The lowest BCUT2D eigenvalue weighted by molar-refractivity contribution is 0.0943. The average Bonchev–Trinajstić information content (AvgIpc) is 3.55. The van der Waals surface area contributed by atoms with Gasteiger partial charge >= 0.3 is 0 Å². The number of carbonyl (C=O) groups is 2. The number of halogens is 1. The van der Waals surface area contributed by atoms with E-state index < -0.39 is 0 Å². The van der Waals surface area contributed by atoms with Gasteiger partial charge in [0.25, 0.3) is 11.8 Å². The van der Waals surface area contributed by atoms with Crippen molar-refractivity contribution in [3.05, 3.63) is 77.4 Å². The van der Waals surface area contributed by atoms with Gasteiger partial charge in [-0.15, -0.1) is 0 Å². The number of ether oxygens (including phenoxy) is 1. The molecule has 0 saturated heterocycles. The van der Waals surface area contributed by atoms with Crippen molar-refractivity contribution in [2.75, 3.05) is 20.7 Å². The Kier molecular flexibility index (Phi) is 5.90. The van der Waals surface area contributed by atoms with Gasteiger partial charge in [0.1, 0.15) is 11.4 Å². The van der Waals surface area contributed by atoms with E-state index in [4.69, 9.17) is 4.74 Å². The number of hydrogen-bond donors (Lipinski definition) is 3. The predicted octanol–water partition coefficient (Wildman–Crippen LogP) is 3.67. The first-order valence-corrected chi connectivity index (χ1v) is 11.3. The fraction of sp³-hybridized carbons (Fsp3) is 0.231. The highest BCUT2D eigenvalue weighted by Crippen LogP contribution is 2.47. The second kappa shape index (κ2) is 9.17. The molecule has 35 heavy (non-hydrogen) atoms. The van der Waals surface area contributed by atoms with Crippen molar-refractivity contribution < 1.29 is 18.7 Å². The summed E-state index contributed by atoms with van der Waals surface area (Å²) in [6.07, 6.45) is 2.54. The zero-order valence-electron chi connectivity index (χ0n) is 19.3. The summed E-state index contributed by atoms with van der Waals surface area (Å²) in [5.74, 6) is -0.0652. The summed E-state index contributed by atoms with van der Waals surface area (Å²) in [6.45, 7) is 0.482. The number of H-pyrrole nitrogens is 1. The highest BCUT2D eigenvalue weighted by molar-refractivity contribution is 6.05. The Bertz CT molecular complexity index is 1430. The zero-order chi connectivity index (χ0) is 24.5. The van der Waals surface area contributed by atoms with Crippen molar-refractivity contribution in [1.82, 2.24) is 25.8 Å². The maximum atomic E-state index is 13.5. The molecule has 3 N–H and O–H groups in total. The molecule has 2 unspecified atom stereocenters. The zero-order valence-corrected chi connectivity index (χ0v) is 19.3. The average molecular weight is 474 g/mol. The lowest BCUT2D eigenvalue weighted by atomic mass is 10.0. The lowest BCUT2D eigenvalue weighted by Gasteiger charge is -2.11. The summed E-state index contributed by atoms with van der Waals surface area (Å²) >= 11 is 0. The highest BCUT2D eigenvalue weighted by atomic mass is 19.1. The molecule has 0 aliphatic heterocycles. The van der Waals surface area contributed by atoms with Crippen molar-refractivity contribution in [3.8, 4) is 17.0 Å². The molecule has 1 aliphatic carbocycles. The van der Waals surface area contributed by atoms with Gasteiger partial charge in [-0.1, -0.05) is 18.2 Å². The van der Waals surface area contributed by atoms with Gasteiger partial charge in [-0.05, 0) is 59.7 Å². The lowest BCUT2D eigenvalue weighted by Crippen LogP contribution is -2.26. The summed E-state index contributed by atoms with van der Waals surface area (Å²) in [6, 6.07) is 13.9. The molecule has 1 saturated carbocycles. The number of nitrogens with one attached hydrogen (secondary N) is 3. The fourth-order valence-electron chi connectivity index (χ4n) is 4.36. The Hall–Kier alpha value is -4.27. The molecule has 0 bridgehead atoms. The van der Waals surface area contributed by atoms with Gasteiger partial charge in [-0.25, -0.2) is 9.37 Å². The number of pyridine rings is 1. The number of aromatic amines is 1. The van der Waals surface area contributed by atoms with E-state index in [1.807, 2.05) is 24.3 Å². The van der Waals surface area contributed by atoms with Crippen LogP contribution in [-0.2, 0) is 0 Å². The monoisotopic (exact) mass is 473 g/mol. The number of methoxy groups -OCH3 is 1.